The fourth-order valence-electron chi connectivity index (χ4n) is 2.42. The molecule has 0 saturated carbocycles. The van der Waals surface area contributed by atoms with Crippen molar-refractivity contribution in [3.8, 4) is 0 Å². The first-order valence-electron chi connectivity index (χ1n) is 8.36. The van der Waals surface area contributed by atoms with Crippen molar-refractivity contribution in [3.05, 3.63) is 24.3 Å². The fourth-order valence-corrected chi connectivity index (χ4v) is 2.57. The highest BCUT2D eigenvalue weighted by molar-refractivity contribution is 7.80. The maximum Gasteiger partial charge on any atom is 0.0340 e. The molecule has 0 aliphatic rings. The molecule has 1 N–H and O–H groups in total. The summed E-state index contributed by atoms with van der Waals surface area (Å²) in [5.74, 6) is 0. The Labute approximate surface area is 131 Å². The third-order valence-corrected chi connectivity index (χ3v) is 4.02. The lowest BCUT2D eigenvalue weighted by Crippen LogP contribution is -2.00. The van der Waals surface area contributed by atoms with Gasteiger partial charge in [-0.3, -0.25) is 0 Å². The van der Waals surface area contributed by atoms with E-state index in [1.54, 1.807) is 0 Å². The average Bonchev–Trinajstić information content (AvgIpc) is 2.47. The summed E-state index contributed by atoms with van der Waals surface area (Å²) in [7, 11) is 0. The van der Waals surface area contributed by atoms with Gasteiger partial charge < -0.3 is 5.32 Å². The summed E-state index contributed by atoms with van der Waals surface area (Å²) >= 11 is 4.29. The highest BCUT2D eigenvalue weighted by atomic mass is 32.1. The van der Waals surface area contributed by atoms with E-state index < -0.39 is 0 Å². The Hall–Kier alpha value is -0.630. The van der Waals surface area contributed by atoms with Crippen LogP contribution in [0, 0.1) is 0 Å². The van der Waals surface area contributed by atoms with E-state index >= 15 is 0 Å². The van der Waals surface area contributed by atoms with Crippen LogP contribution in [0.3, 0.4) is 0 Å². The molecule has 0 amide bonds. The van der Waals surface area contributed by atoms with Crippen molar-refractivity contribution in [3.63, 3.8) is 0 Å². The number of benzene rings is 1. The van der Waals surface area contributed by atoms with E-state index in [1.807, 2.05) is 12.1 Å². The van der Waals surface area contributed by atoms with E-state index in [-0.39, 0.29) is 0 Å². The Balaban J connectivity index is 1.84. The van der Waals surface area contributed by atoms with Crippen LogP contribution < -0.4 is 5.32 Å². The molecule has 0 saturated heterocycles. The lowest BCUT2D eigenvalue weighted by molar-refractivity contribution is 0.560. The summed E-state index contributed by atoms with van der Waals surface area (Å²) in [6.07, 6.45) is 14.0. The third kappa shape index (κ3) is 9.30. The summed E-state index contributed by atoms with van der Waals surface area (Å²) < 4.78 is 0. The summed E-state index contributed by atoms with van der Waals surface area (Å²) in [6.45, 7) is 3.36. The Morgan fingerprint density at radius 3 is 1.80 bits per heavy atom. The van der Waals surface area contributed by atoms with Gasteiger partial charge in [-0.25, -0.2) is 0 Å². The van der Waals surface area contributed by atoms with Crippen LogP contribution in [0.15, 0.2) is 29.2 Å². The van der Waals surface area contributed by atoms with Gasteiger partial charge in [-0.1, -0.05) is 64.7 Å². The van der Waals surface area contributed by atoms with Crippen LogP contribution in [0.5, 0.6) is 0 Å². The molecule has 0 aromatic heterocycles. The quantitative estimate of drug-likeness (QED) is 0.340. The maximum atomic E-state index is 4.29. The minimum atomic E-state index is 1.02. The molecule has 1 aromatic carbocycles. The number of hydrogen-bond acceptors (Lipinski definition) is 2. The molecule has 0 heterocycles. The third-order valence-electron chi connectivity index (χ3n) is 3.73. The summed E-state index contributed by atoms with van der Waals surface area (Å²) in [5.41, 5.74) is 1.21. The maximum absolute atomic E-state index is 4.29. The first-order valence-corrected chi connectivity index (χ1v) is 8.80. The summed E-state index contributed by atoms with van der Waals surface area (Å²) in [5, 5.41) is 3.46. The van der Waals surface area contributed by atoms with Crippen molar-refractivity contribution in [2.45, 2.75) is 76.0 Å². The summed E-state index contributed by atoms with van der Waals surface area (Å²) in [6, 6.07) is 8.26. The van der Waals surface area contributed by atoms with E-state index in [2.05, 4.69) is 37.0 Å². The largest absolute Gasteiger partial charge is 0.385 e. The van der Waals surface area contributed by atoms with E-state index in [0.717, 1.165) is 11.4 Å². The predicted octanol–water partition coefficient (Wildman–Crippen LogP) is 6.31. The molecule has 0 atom stereocenters. The lowest BCUT2D eigenvalue weighted by atomic mass is 10.1. The average molecular weight is 294 g/mol. The van der Waals surface area contributed by atoms with Gasteiger partial charge in [-0.15, -0.1) is 12.6 Å². The van der Waals surface area contributed by atoms with Crippen LogP contribution >= 0.6 is 12.6 Å². The zero-order chi connectivity index (χ0) is 14.5. The SMILES string of the molecule is CCCCCCCCCCCCNc1ccc(S)cc1. The molecule has 0 fully saturated rings. The van der Waals surface area contributed by atoms with Gasteiger partial charge in [-0.05, 0) is 30.7 Å². The van der Waals surface area contributed by atoms with Crippen LogP contribution in [-0.2, 0) is 0 Å². The molecule has 20 heavy (non-hydrogen) atoms. The molecule has 0 bridgehead atoms. The first-order chi connectivity index (χ1) is 9.83. The van der Waals surface area contributed by atoms with E-state index in [4.69, 9.17) is 0 Å². The Bertz CT molecular complexity index is 321. The van der Waals surface area contributed by atoms with Crippen LogP contribution in [0.1, 0.15) is 71.1 Å². The molecular formula is C18H31NS. The van der Waals surface area contributed by atoms with Gasteiger partial charge in [0.15, 0.2) is 0 Å². The zero-order valence-corrected chi connectivity index (χ0v) is 13.9. The van der Waals surface area contributed by atoms with Gasteiger partial charge in [0, 0.05) is 17.1 Å². The number of thiol groups is 1. The number of nitrogens with one attached hydrogen (secondary N) is 1. The molecular weight excluding hydrogens is 262 g/mol. The normalized spacial score (nSPS) is 10.7. The van der Waals surface area contributed by atoms with Crippen molar-refractivity contribution >= 4 is 18.3 Å². The smallest absolute Gasteiger partial charge is 0.0340 e. The molecule has 0 unspecified atom stereocenters. The molecule has 0 spiro atoms. The lowest BCUT2D eigenvalue weighted by Gasteiger charge is -2.06. The fraction of sp³-hybridized carbons (Fsp3) is 0.667. The zero-order valence-electron chi connectivity index (χ0n) is 13.0. The Morgan fingerprint density at radius 2 is 1.25 bits per heavy atom. The van der Waals surface area contributed by atoms with Gasteiger partial charge in [0.05, 0.1) is 0 Å². The van der Waals surface area contributed by atoms with Gasteiger partial charge in [0.2, 0.25) is 0 Å². The van der Waals surface area contributed by atoms with Gasteiger partial charge >= 0.3 is 0 Å². The van der Waals surface area contributed by atoms with Crippen LogP contribution in [0.2, 0.25) is 0 Å². The van der Waals surface area contributed by atoms with Crippen molar-refractivity contribution < 1.29 is 0 Å². The monoisotopic (exact) mass is 293 g/mol. The molecule has 2 heteroatoms. The molecule has 1 nitrogen and oxygen atoms in total. The predicted molar refractivity (Wildman–Crippen MR) is 94.0 cm³/mol. The number of unbranched alkanes of at least 4 members (excludes halogenated alkanes) is 9. The second-order valence-electron chi connectivity index (χ2n) is 5.66. The highest BCUT2D eigenvalue weighted by Crippen LogP contribution is 2.13. The molecule has 0 radical (unpaired) electrons. The van der Waals surface area contributed by atoms with E-state index in [0.29, 0.717) is 0 Å². The highest BCUT2D eigenvalue weighted by Gasteiger charge is 1.94. The van der Waals surface area contributed by atoms with Crippen molar-refractivity contribution in [2.75, 3.05) is 11.9 Å². The van der Waals surface area contributed by atoms with E-state index in [9.17, 15) is 0 Å². The topological polar surface area (TPSA) is 12.0 Å². The second kappa shape index (κ2) is 12.1. The Kier molecular flexibility index (Phi) is 10.6. The standard InChI is InChI=1S/C18H31NS/c1-2-3-4-5-6-7-8-9-10-11-16-19-17-12-14-18(20)15-13-17/h12-15,19-20H,2-11,16H2,1H3. The van der Waals surface area contributed by atoms with Crippen LogP contribution in [0.25, 0.3) is 0 Å². The Morgan fingerprint density at radius 1 is 0.750 bits per heavy atom. The molecule has 1 rings (SSSR count). The molecule has 1 aromatic rings. The van der Waals surface area contributed by atoms with Gasteiger partial charge in [0.1, 0.15) is 0 Å². The van der Waals surface area contributed by atoms with Gasteiger partial charge in [-0.2, -0.15) is 0 Å². The second-order valence-corrected chi connectivity index (χ2v) is 6.17. The van der Waals surface area contributed by atoms with Crippen molar-refractivity contribution in [1.82, 2.24) is 0 Å². The minimum Gasteiger partial charge on any atom is -0.385 e. The van der Waals surface area contributed by atoms with Crippen molar-refractivity contribution in [1.29, 1.82) is 0 Å². The number of rotatable bonds is 12. The van der Waals surface area contributed by atoms with Crippen LogP contribution in [-0.4, -0.2) is 6.54 Å². The van der Waals surface area contributed by atoms with Crippen LogP contribution in [0.4, 0.5) is 5.69 Å². The van der Waals surface area contributed by atoms with E-state index in [1.165, 1.54) is 69.9 Å². The van der Waals surface area contributed by atoms with Gasteiger partial charge in [0.25, 0.3) is 0 Å². The van der Waals surface area contributed by atoms with Crippen molar-refractivity contribution in [2.24, 2.45) is 0 Å². The molecule has 0 aliphatic carbocycles. The number of hydrogen-bond donors (Lipinski definition) is 2. The number of anilines is 1. The summed E-state index contributed by atoms with van der Waals surface area (Å²) in [4.78, 5) is 1.02. The molecule has 0 aliphatic heterocycles. The first kappa shape index (κ1) is 17.4. The molecule has 114 valence electrons. The minimum absolute atomic E-state index is 1.02.